The van der Waals surface area contributed by atoms with Crippen LogP contribution in [0.5, 0.6) is 5.75 Å². The summed E-state index contributed by atoms with van der Waals surface area (Å²) in [5.74, 6) is 1.00. The largest absolute Gasteiger partial charge is 0.491 e. The van der Waals surface area contributed by atoms with E-state index in [1.54, 1.807) is 0 Å². The number of anilines is 1. The molecule has 0 aliphatic heterocycles. The molecule has 2 aromatic rings. The molecule has 128 valence electrons. The van der Waals surface area contributed by atoms with Gasteiger partial charge in [-0.15, -0.1) is 0 Å². The van der Waals surface area contributed by atoms with Crippen molar-refractivity contribution in [1.29, 1.82) is 0 Å². The van der Waals surface area contributed by atoms with Gasteiger partial charge in [0.1, 0.15) is 5.75 Å². The molecule has 0 unspecified atom stereocenters. The molecule has 0 saturated carbocycles. The molecule has 0 radical (unpaired) electrons. The zero-order valence-electron chi connectivity index (χ0n) is 15.2. The minimum Gasteiger partial charge on any atom is -0.491 e. The van der Waals surface area contributed by atoms with E-state index in [-0.39, 0.29) is 11.3 Å². The van der Waals surface area contributed by atoms with Crippen LogP contribution in [0.3, 0.4) is 0 Å². The predicted octanol–water partition coefficient (Wildman–Crippen LogP) is 5.27. The van der Waals surface area contributed by atoms with E-state index in [1.807, 2.05) is 48.5 Å². The van der Waals surface area contributed by atoms with Crippen molar-refractivity contribution in [2.45, 2.75) is 40.0 Å². The molecule has 2 aromatic carbocycles. The Morgan fingerprint density at radius 1 is 1.04 bits per heavy atom. The molecule has 0 aliphatic rings. The Morgan fingerprint density at radius 3 is 2.25 bits per heavy atom. The van der Waals surface area contributed by atoms with E-state index in [0.717, 1.165) is 0 Å². The van der Waals surface area contributed by atoms with Crippen LogP contribution < -0.4 is 10.1 Å². The maximum atomic E-state index is 12.5. The summed E-state index contributed by atoms with van der Waals surface area (Å²) >= 11 is 0. The number of hydrogen-bond donors (Lipinski definition) is 1. The molecule has 1 amide bonds. The minimum absolute atomic E-state index is 0.0757. The molecule has 0 fully saturated rings. The lowest BCUT2D eigenvalue weighted by molar-refractivity contribution is 0.102. The van der Waals surface area contributed by atoms with Gasteiger partial charge in [0.2, 0.25) is 0 Å². The van der Waals surface area contributed by atoms with Gasteiger partial charge in [-0.1, -0.05) is 58.9 Å². The van der Waals surface area contributed by atoms with Crippen LogP contribution >= 0.6 is 0 Å². The molecule has 0 aliphatic carbocycles. The monoisotopic (exact) mass is 325 g/mol. The van der Waals surface area contributed by atoms with Gasteiger partial charge in [-0.3, -0.25) is 4.79 Å². The summed E-state index contributed by atoms with van der Waals surface area (Å²) in [5.41, 5.74) is 2.62. The van der Waals surface area contributed by atoms with Gasteiger partial charge in [0, 0.05) is 5.56 Å². The quantitative estimate of drug-likeness (QED) is 0.813. The van der Waals surface area contributed by atoms with Crippen LogP contribution in [0.2, 0.25) is 0 Å². The Bertz CT molecular complexity index is 682. The number of rotatable bonds is 5. The average Bonchev–Trinajstić information content (AvgIpc) is 2.53. The molecule has 0 atom stereocenters. The lowest BCUT2D eigenvalue weighted by Crippen LogP contribution is -2.15. The van der Waals surface area contributed by atoms with E-state index in [1.165, 1.54) is 5.56 Å². The molecule has 0 saturated heterocycles. The molecule has 0 bridgehead atoms. The van der Waals surface area contributed by atoms with Crippen LogP contribution in [0.15, 0.2) is 48.5 Å². The number of hydrogen-bond acceptors (Lipinski definition) is 2. The zero-order chi connectivity index (χ0) is 17.7. The maximum absolute atomic E-state index is 12.5. The van der Waals surface area contributed by atoms with E-state index >= 15 is 0 Å². The molecule has 0 spiro atoms. The summed E-state index contributed by atoms with van der Waals surface area (Å²) in [6.45, 7) is 11.3. The van der Waals surface area contributed by atoms with Crippen molar-refractivity contribution in [3.63, 3.8) is 0 Å². The topological polar surface area (TPSA) is 38.3 Å². The lowest BCUT2D eigenvalue weighted by atomic mass is 9.87. The third kappa shape index (κ3) is 4.85. The standard InChI is InChI=1S/C21H27NO2/c1-15(2)14-24-19-9-7-6-8-18(19)22-20(23)16-10-12-17(13-11-16)21(3,4)5/h6-13,15H,14H2,1-5H3,(H,22,23). The van der Waals surface area contributed by atoms with E-state index in [9.17, 15) is 4.79 Å². The van der Waals surface area contributed by atoms with Crippen molar-refractivity contribution in [2.75, 3.05) is 11.9 Å². The second-order valence-electron chi connectivity index (χ2n) is 7.48. The highest BCUT2D eigenvalue weighted by atomic mass is 16.5. The molecule has 0 aromatic heterocycles. The summed E-state index contributed by atoms with van der Waals surface area (Å²) in [4.78, 5) is 12.5. The van der Waals surface area contributed by atoms with Gasteiger partial charge < -0.3 is 10.1 Å². The van der Waals surface area contributed by atoms with Gasteiger partial charge in [-0.25, -0.2) is 0 Å². The molecule has 24 heavy (non-hydrogen) atoms. The van der Waals surface area contributed by atoms with Crippen LogP contribution in [-0.2, 0) is 5.41 Å². The highest BCUT2D eigenvalue weighted by molar-refractivity contribution is 6.05. The fourth-order valence-electron chi connectivity index (χ4n) is 2.27. The van der Waals surface area contributed by atoms with Gasteiger partial charge in [0.05, 0.1) is 12.3 Å². The van der Waals surface area contributed by atoms with Crippen molar-refractivity contribution in [3.8, 4) is 5.75 Å². The molecular weight excluding hydrogens is 298 g/mol. The van der Waals surface area contributed by atoms with Crippen molar-refractivity contribution in [3.05, 3.63) is 59.7 Å². The first kappa shape index (κ1) is 18.1. The van der Waals surface area contributed by atoms with Crippen molar-refractivity contribution in [1.82, 2.24) is 0 Å². The number of carbonyl (C=O) groups excluding carboxylic acids is 1. The number of nitrogens with one attached hydrogen (secondary N) is 1. The van der Waals surface area contributed by atoms with Crippen molar-refractivity contribution < 1.29 is 9.53 Å². The summed E-state index contributed by atoms with van der Waals surface area (Å²) in [6.07, 6.45) is 0. The Morgan fingerprint density at radius 2 is 1.67 bits per heavy atom. The number of ether oxygens (including phenoxy) is 1. The zero-order valence-corrected chi connectivity index (χ0v) is 15.2. The van der Waals surface area contributed by atoms with Gasteiger partial charge in [-0.05, 0) is 41.2 Å². The highest BCUT2D eigenvalue weighted by Gasteiger charge is 2.15. The lowest BCUT2D eigenvalue weighted by Gasteiger charge is -2.19. The summed E-state index contributed by atoms with van der Waals surface area (Å²) < 4.78 is 5.78. The first-order chi connectivity index (χ1) is 11.3. The number of amides is 1. The second kappa shape index (κ2) is 7.52. The summed E-state index contributed by atoms with van der Waals surface area (Å²) in [5, 5.41) is 2.94. The van der Waals surface area contributed by atoms with Crippen LogP contribution in [0, 0.1) is 5.92 Å². The fourth-order valence-corrected chi connectivity index (χ4v) is 2.27. The normalized spacial score (nSPS) is 11.4. The fraction of sp³-hybridized carbons (Fsp3) is 0.381. The Hall–Kier alpha value is -2.29. The molecule has 0 heterocycles. The molecule has 2 rings (SSSR count). The van der Waals surface area contributed by atoms with E-state index in [4.69, 9.17) is 4.74 Å². The van der Waals surface area contributed by atoms with E-state index in [2.05, 4.69) is 39.9 Å². The van der Waals surface area contributed by atoms with Gasteiger partial charge in [0.15, 0.2) is 0 Å². The van der Waals surface area contributed by atoms with Crippen LogP contribution in [-0.4, -0.2) is 12.5 Å². The third-order valence-corrected chi connectivity index (χ3v) is 3.72. The van der Waals surface area contributed by atoms with Crippen LogP contribution in [0.25, 0.3) is 0 Å². The highest BCUT2D eigenvalue weighted by Crippen LogP contribution is 2.26. The number of benzene rings is 2. The maximum Gasteiger partial charge on any atom is 0.255 e. The smallest absolute Gasteiger partial charge is 0.255 e. The molecular formula is C21H27NO2. The number of para-hydroxylation sites is 2. The number of carbonyl (C=O) groups is 1. The second-order valence-corrected chi connectivity index (χ2v) is 7.48. The van der Waals surface area contributed by atoms with Gasteiger partial charge >= 0.3 is 0 Å². The Balaban J connectivity index is 2.12. The van der Waals surface area contributed by atoms with E-state index < -0.39 is 0 Å². The van der Waals surface area contributed by atoms with E-state index in [0.29, 0.717) is 29.5 Å². The first-order valence-electron chi connectivity index (χ1n) is 8.41. The van der Waals surface area contributed by atoms with Gasteiger partial charge in [0.25, 0.3) is 5.91 Å². The van der Waals surface area contributed by atoms with Crippen molar-refractivity contribution >= 4 is 11.6 Å². The molecule has 3 heteroatoms. The average molecular weight is 325 g/mol. The Kier molecular flexibility index (Phi) is 5.66. The minimum atomic E-state index is -0.129. The first-order valence-corrected chi connectivity index (χ1v) is 8.41. The molecule has 1 N–H and O–H groups in total. The van der Waals surface area contributed by atoms with Gasteiger partial charge in [-0.2, -0.15) is 0 Å². The molecule has 3 nitrogen and oxygen atoms in total. The summed E-state index contributed by atoms with van der Waals surface area (Å²) in [7, 11) is 0. The Labute approximate surface area is 145 Å². The predicted molar refractivity (Wildman–Crippen MR) is 99.9 cm³/mol. The van der Waals surface area contributed by atoms with Crippen LogP contribution in [0.4, 0.5) is 5.69 Å². The summed E-state index contributed by atoms with van der Waals surface area (Å²) in [6, 6.07) is 15.3. The van der Waals surface area contributed by atoms with Crippen LogP contribution in [0.1, 0.15) is 50.5 Å². The third-order valence-electron chi connectivity index (χ3n) is 3.72. The van der Waals surface area contributed by atoms with Crippen molar-refractivity contribution in [2.24, 2.45) is 5.92 Å². The SMILES string of the molecule is CC(C)COc1ccccc1NC(=O)c1ccc(C(C)(C)C)cc1.